The van der Waals surface area contributed by atoms with Crippen LogP contribution in [0.25, 0.3) is 0 Å². The van der Waals surface area contributed by atoms with Gasteiger partial charge in [0.2, 0.25) is 0 Å². The average Bonchev–Trinajstić information content (AvgIpc) is 2.35. The van der Waals surface area contributed by atoms with Crippen LogP contribution in [0.4, 0.5) is 0 Å². The van der Waals surface area contributed by atoms with Crippen LogP contribution in [0.15, 0.2) is 12.1 Å². The summed E-state index contributed by atoms with van der Waals surface area (Å²) in [6.07, 6.45) is 0. The summed E-state index contributed by atoms with van der Waals surface area (Å²) in [5, 5.41) is 11.8. The van der Waals surface area contributed by atoms with Gasteiger partial charge in [-0.15, -0.1) is 0 Å². The summed E-state index contributed by atoms with van der Waals surface area (Å²) >= 11 is 0. The molecule has 1 rings (SSSR count). The molecule has 1 N–H and O–H groups in total. The second-order valence-corrected chi connectivity index (χ2v) is 11.1. The van der Waals surface area contributed by atoms with Crippen LogP contribution in [0.5, 0.6) is 5.75 Å². The van der Waals surface area contributed by atoms with Gasteiger partial charge in [0, 0.05) is 14.2 Å². The molecule has 0 amide bonds. The van der Waals surface area contributed by atoms with Crippen LogP contribution in [0, 0.1) is 0 Å². The molecule has 1 aromatic carbocycles. The summed E-state index contributed by atoms with van der Waals surface area (Å²) in [5.74, 6) is 0.391. The smallest absolute Gasteiger partial charge is 0.368 e. The van der Waals surface area contributed by atoms with Crippen molar-refractivity contribution in [2.24, 2.45) is 0 Å². The minimum absolute atomic E-state index is 0.142. The number of phenols is 1. The normalized spacial score (nSPS) is 13.6. The van der Waals surface area contributed by atoms with Gasteiger partial charge in [-0.2, -0.15) is 0 Å². The fourth-order valence-electron chi connectivity index (χ4n) is 2.36. The SMILES string of the molecule is CO[Si](C)(OC)c1cc(C(C)(C)C)c(O)c(C(C)(C)C)c1. The molecule has 0 saturated heterocycles. The highest BCUT2D eigenvalue weighted by Gasteiger charge is 2.36. The molecule has 3 nitrogen and oxygen atoms in total. The molecule has 0 heterocycles. The predicted octanol–water partition coefficient (Wildman–Crippen LogP) is 3.56. The fraction of sp³-hybridized carbons (Fsp3) is 0.647. The van der Waals surface area contributed by atoms with E-state index in [0.29, 0.717) is 5.75 Å². The Kier molecular flexibility index (Phi) is 4.98. The molecule has 0 aromatic heterocycles. The van der Waals surface area contributed by atoms with Gasteiger partial charge in [0.1, 0.15) is 5.75 Å². The molecular formula is C17H30O3Si. The Morgan fingerprint density at radius 2 is 1.19 bits per heavy atom. The Labute approximate surface area is 130 Å². The van der Waals surface area contributed by atoms with Crippen molar-refractivity contribution in [1.29, 1.82) is 0 Å². The third kappa shape index (κ3) is 3.68. The summed E-state index contributed by atoms with van der Waals surface area (Å²) in [6, 6.07) is 4.09. The second kappa shape index (κ2) is 5.74. The molecule has 120 valence electrons. The number of hydrogen-bond acceptors (Lipinski definition) is 3. The van der Waals surface area contributed by atoms with Crippen LogP contribution >= 0.6 is 0 Å². The molecule has 0 aliphatic heterocycles. The summed E-state index contributed by atoms with van der Waals surface area (Å²) < 4.78 is 11.4. The monoisotopic (exact) mass is 310 g/mol. The lowest BCUT2D eigenvalue weighted by molar-refractivity contribution is 0.265. The maximum Gasteiger partial charge on any atom is 0.368 e. The minimum Gasteiger partial charge on any atom is -0.507 e. The molecule has 0 spiro atoms. The van der Waals surface area contributed by atoms with E-state index in [1.54, 1.807) is 14.2 Å². The molecule has 0 saturated carbocycles. The number of benzene rings is 1. The first-order valence-electron chi connectivity index (χ1n) is 7.35. The van der Waals surface area contributed by atoms with Gasteiger partial charge in [0.25, 0.3) is 0 Å². The van der Waals surface area contributed by atoms with E-state index in [9.17, 15) is 5.11 Å². The van der Waals surface area contributed by atoms with Crippen molar-refractivity contribution in [1.82, 2.24) is 0 Å². The van der Waals surface area contributed by atoms with E-state index < -0.39 is 8.56 Å². The van der Waals surface area contributed by atoms with Crippen molar-refractivity contribution in [3.8, 4) is 5.75 Å². The molecule has 0 aliphatic rings. The highest BCUT2D eigenvalue weighted by molar-refractivity contribution is 6.79. The molecular weight excluding hydrogens is 280 g/mol. The van der Waals surface area contributed by atoms with Gasteiger partial charge in [-0.25, -0.2) is 0 Å². The first kappa shape index (κ1) is 18.2. The van der Waals surface area contributed by atoms with Gasteiger partial charge >= 0.3 is 8.56 Å². The van der Waals surface area contributed by atoms with Crippen LogP contribution < -0.4 is 5.19 Å². The van der Waals surface area contributed by atoms with E-state index in [2.05, 4.69) is 41.5 Å². The summed E-state index contributed by atoms with van der Waals surface area (Å²) in [7, 11) is 0.953. The van der Waals surface area contributed by atoms with Crippen molar-refractivity contribution in [2.45, 2.75) is 58.9 Å². The number of aromatic hydroxyl groups is 1. The molecule has 21 heavy (non-hydrogen) atoms. The quantitative estimate of drug-likeness (QED) is 0.868. The molecule has 0 unspecified atom stereocenters. The molecule has 0 aliphatic carbocycles. The van der Waals surface area contributed by atoms with Gasteiger partial charge in [0.05, 0.1) is 0 Å². The van der Waals surface area contributed by atoms with E-state index in [4.69, 9.17) is 8.85 Å². The van der Waals surface area contributed by atoms with E-state index in [1.807, 2.05) is 18.7 Å². The Balaban J connectivity index is 3.71. The lowest BCUT2D eigenvalue weighted by Crippen LogP contribution is -2.50. The second-order valence-electron chi connectivity index (χ2n) is 7.77. The highest BCUT2D eigenvalue weighted by atomic mass is 28.4. The zero-order chi connectivity index (χ0) is 16.6. The topological polar surface area (TPSA) is 38.7 Å². The van der Waals surface area contributed by atoms with Gasteiger partial charge in [0.15, 0.2) is 0 Å². The standard InChI is InChI=1S/C17H30O3Si/c1-16(2,3)13-10-12(21(9,19-7)20-8)11-14(15(13)18)17(4,5)6/h10-11,18H,1-9H3. The largest absolute Gasteiger partial charge is 0.507 e. The van der Waals surface area contributed by atoms with E-state index in [1.165, 1.54) is 0 Å². The van der Waals surface area contributed by atoms with Crippen molar-refractivity contribution < 1.29 is 14.0 Å². The molecule has 0 bridgehead atoms. The molecule has 0 fully saturated rings. The lowest BCUT2D eigenvalue weighted by atomic mass is 9.79. The van der Waals surface area contributed by atoms with Crippen LogP contribution in [0.3, 0.4) is 0 Å². The van der Waals surface area contributed by atoms with E-state index >= 15 is 0 Å². The van der Waals surface area contributed by atoms with Crippen LogP contribution in [0.2, 0.25) is 6.55 Å². The maximum absolute atomic E-state index is 10.7. The Morgan fingerprint density at radius 1 is 0.857 bits per heavy atom. The summed E-state index contributed by atoms with van der Waals surface area (Å²) in [5.41, 5.74) is 1.60. The van der Waals surface area contributed by atoms with Crippen molar-refractivity contribution in [3.63, 3.8) is 0 Å². The number of phenolic OH excluding ortho intramolecular Hbond substituents is 1. The summed E-state index contributed by atoms with van der Waals surface area (Å²) in [4.78, 5) is 0. The fourth-order valence-corrected chi connectivity index (χ4v) is 3.81. The minimum atomic E-state index is -2.43. The first-order chi connectivity index (χ1) is 9.36. The van der Waals surface area contributed by atoms with Crippen molar-refractivity contribution >= 4 is 13.7 Å². The van der Waals surface area contributed by atoms with Gasteiger partial charge < -0.3 is 14.0 Å². The predicted molar refractivity (Wildman–Crippen MR) is 90.8 cm³/mol. The molecule has 4 heteroatoms. The first-order valence-corrected chi connectivity index (χ1v) is 9.67. The average molecular weight is 311 g/mol. The lowest BCUT2D eigenvalue weighted by Gasteiger charge is -2.31. The zero-order valence-corrected chi connectivity index (χ0v) is 15.9. The highest BCUT2D eigenvalue weighted by Crippen LogP contribution is 2.38. The Morgan fingerprint density at radius 3 is 1.43 bits per heavy atom. The van der Waals surface area contributed by atoms with E-state index in [0.717, 1.165) is 16.3 Å². The zero-order valence-electron chi connectivity index (χ0n) is 14.9. The van der Waals surface area contributed by atoms with Crippen molar-refractivity contribution in [2.75, 3.05) is 14.2 Å². The number of hydrogen-bond donors (Lipinski definition) is 1. The van der Waals surface area contributed by atoms with Gasteiger partial charge in [-0.1, -0.05) is 53.7 Å². The van der Waals surface area contributed by atoms with Gasteiger partial charge in [-0.05, 0) is 33.7 Å². The third-order valence-corrected chi connectivity index (χ3v) is 6.92. The van der Waals surface area contributed by atoms with Crippen LogP contribution in [-0.2, 0) is 19.7 Å². The number of rotatable bonds is 3. The molecule has 0 radical (unpaired) electrons. The molecule has 1 aromatic rings. The molecule has 0 atom stereocenters. The third-order valence-electron chi connectivity index (χ3n) is 4.03. The van der Waals surface area contributed by atoms with Crippen LogP contribution in [0.1, 0.15) is 52.7 Å². The van der Waals surface area contributed by atoms with E-state index in [-0.39, 0.29) is 10.8 Å². The van der Waals surface area contributed by atoms with Crippen LogP contribution in [-0.4, -0.2) is 27.9 Å². The Hall–Kier alpha value is -0.843. The maximum atomic E-state index is 10.7. The van der Waals surface area contributed by atoms with Gasteiger partial charge in [-0.3, -0.25) is 0 Å². The van der Waals surface area contributed by atoms with Crippen molar-refractivity contribution in [3.05, 3.63) is 23.3 Å². The Bertz CT molecular complexity index is 471. The summed E-state index contributed by atoms with van der Waals surface area (Å²) in [6.45, 7) is 14.7.